The normalized spacial score (nSPS) is 21.3. The lowest BCUT2D eigenvalue weighted by Crippen LogP contribution is -2.49. The average molecular weight is 735 g/mol. The summed E-state index contributed by atoms with van der Waals surface area (Å²) < 4.78 is 130. The SMILES string of the molecule is CCOC(=O)C[C@H]1CC[C@H](C(=O)N2c3ccc(C(F)(F)F)cc3C(N(Cc3cc(C(F)(F)F)cc(C(F)(F)F)c3)c3nnn(C)n3)C[C@H]2C)CC1. The van der Waals surface area contributed by atoms with Crippen LogP contribution in [0.3, 0.4) is 0 Å². The second-order valence-corrected chi connectivity index (χ2v) is 12.9. The van der Waals surface area contributed by atoms with Gasteiger partial charge in [0, 0.05) is 30.6 Å². The molecule has 1 aliphatic heterocycles. The molecule has 1 saturated carbocycles. The van der Waals surface area contributed by atoms with Gasteiger partial charge in [0.1, 0.15) is 0 Å². The minimum Gasteiger partial charge on any atom is -0.466 e. The fourth-order valence-corrected chi connectivity index (χ4v) is 6.92. The van der Waals surface area contributed by atoms with Crippen LogP contribution in [0.5, 0.6) is 0 Å². The number of hydrogen-bond donors (Lipinski definition) is 0. The van der Waals surface area contributed by atoms with Crippen molar-refractivity contribution in [2.45, 2.75) is 89.5 Å². The molecular weight excluding hydrogens is 699 g/mol. The molecule has 0 saturated heterocycles. The van der Waals surface area contributed by atoms with Crippen molar-refractivity contribution in [2.75, 3.05) is 16.4 Å². The molecular formula is C33H35F9N6O3. The first kappa shape index (κ1) is 37.9. The number of anilines is 2. The second kappa shape index (κ2) is 14.3. The van der Waals surface area contributed by atoms with Gasteiger partial charge in [0.25, 0.3) is 5.95 Å². The standard InChI is InChI=1S/C33H35F9N6O3/c1-4-51-28(49)14-19-5-7-21(8-6-19)29(50)48-18(2)11-27(25-16-22(31(34,35)36)9-10-26(25)48)47(30-43-45-46(3)44-30)17-20-12-23(32(37,38)39)15-24(13-20)33(40,41)42/h9-10,12-13,15-16,18-19,21,27H,4-8,11,14,17H2,1-3H3/t18-,19-,21-,27?/m1/s1. The number of esters is 1. The van der Waals surface area contributed by atoms with Crippen LogP contribution >= 0.6 is 0 Å². The van der Waals surface area contributed by atoms with E-state index in [1.54, 1.807) is 13.8 Å². The number of amides is 1. The summed E-state index contributed by atoms with van der Waals surface area (Å²) in [5.41, 5.74) is -4.58. The van der Waals surface area contributed by atoms with E-state index in [-0.39, 0.29) is 60.5 Å². The fraction of sp³-hybridized carbons (Fsp3) is 0.545. The van der Waals surface area contributed by atoms with Crippen LogP contribution in [0.15, 0.2) is 36.4 Å². The molecule has 278 valence electrons. The molecule has 2 atom stereocenters. The predicted octanol–water partition coefficient (Wildman–Crippen LogP) is 7.90. The molecule has 2 aromatic carbocycles. The van der Waals surface area contributed by atoms with Gasteiger partial charge in [-0.3, -0.25) is 9.59 Å². The van der Waals surface area contributed by atoms with E-state index in [0.717, 1.165) is 23.0 Å². The summed E-state index contributed by atoms with van der Waals surface area (Å²) in [7, 11) is 1.36. The lowest BCUT2D eigenvalue weighted by molar-refractivity contribution is -0.145. The summed E-state index contributed by atoms with van der Waals surface area (Å²) in [5.74, 6) is -1.42. The molecule has 0 radical (unpaired) electrons. The average Bonchev–Trinajstić information content (AvgIpc) is 3.47. The lowest BCUT2D eigenvalue weighted by atomic mass is 9.79. The van der Waals surface area contributed by atoms with E-state index in [2.05, 4.69) is 15.4 Å². The van der Waals surface area contributed by atoms with Gasteiger partial charge in [-0.2, -0.15) is 44.3 Å². The number of tetrazole rings is 1. The van der Waals surface area contributed by atoms with Crippen molar-refractivity contribution in [3.05, 3.63) is 64.2 Å². The molecule has 2 heterocycles. The monoisotopic (exact) mass is 734 g/mol. The van der Waals surface area contributed by atoms with Gasteiger partial charge < -0.3 is 14.5 Å². The van der Waals surface area contributed by atoms with E-state index in [4.69, 9.17) is 4.74 Å². The number of hydrogen-bond acceptors (Lipinski definition) is 7. The van der Waals surface area contributed by atoms with Crippen LogP contribution in [-0.2, 0) is 46.4 Å². The van der Waals surface area contributed by atoms with Crippen LogP contribution in [0.2, 0.25) is 0 Å². The zero-order chi connectivity index (χ0) is 37.5. The molecule has 1 aliphatic carbocycles. The highest BCUT2D eigenvalue weighted by Crippen LogP contribution is 2.46. The Morgan fingerprint density at radius 2 is 1.49 bits per heavy atom. The number of benzene rings is 2. The van der Waals surface area contributed by atoms with Gasteiger partial charge in [0.05, 0.1) is 36.4 Å². The molecule has 1 unspecified atom stereocenters. The molecule has 1 amide bonds. The van der Waals surface area contributed by atoms with E-state index in [1.165, 1.54) is 16.8 Å². The van der Waals surface area contributed by atoms with E-state index >= 15 is 0 Å². The van der Waals surface area contributed by atoms with Gasteiger partial charge >= 0.3 is 24.5 Å². The summed E-state index contributed by atoms with van der Waals surface area (Å²) in [6.45, 7) is 2.93. The van der Waals surface area contributed by atoms with Crippen molar-refractivity contribution in [3.8, 4) is 0 Å². The van der Waals surface area contributed by atoms with Crippen LogP contribution in [0.4, 0.5) is 51.1 Å². The van der Waals surface area contributed by atoms with E-state index in [1.807, 2.05) is 0 Å². The van der Waals surface area contributed by atoms with E-state index in [0.29, 0.717) is 37.8 Å². The largest absolute Gasteiger partial charge is 0.466 e. The van der Waals surface area contributed by atoms with Crippen molar-refractivity contribution >= 4 is 23.5 Å². The van der Waals surface area contributed by atoms with Crippen LogP contribution in [0, 0.1) is 11.8 Å². The Labute approximate surface area is 286 Å². The summed E-state index contributed by atoms with van der Waals surface area (Å²) in [4.78, 5) is 29.7. The van der Waals surface area contributed by atoms with Gasteiger partial charge in [-0.15, -0.1) is 5.10 Å². The first-order chi connectivity index (χ1) is 23.8. The molecule has 9 nitrogen and oxygen atoms in total. The first-order valence-corrected chi connectivity index (χ1v) is 16.2. The molecule has 18 heteroatoms. The van der Waals surface area contributed by atoms with Crippen LogP contribution < -0.4 is 9.80 Å². The minimum atomic E-state index is -5.14. The predicted molar refractivity (Wildman–Crippen MR) is 164 cm³/mol. The van der Waals surface area contributed by atoms with Gasteiger partial charge in [-0.05, 0) is 105 Å². The Kier molecular flexibility index (Phi) is 10.6. The Bertz CT molecular complexity index is 1700. The number of aryl methyl sites for hydroxylation is 1. The number of halogens is 9. The van der Waals surface area contributed by atoms with Gasteiger partial charge in [-0.25, -0.2) is 0 Å². The van der Waals surface area contributed by atoms with E-state index < -0.39 is 65.3 Å². The van der Waals surface area contributed by atoms with Gasteiger partial charge in [0.2, 0.25) is 5.91 Å². The third kappa shape index (κ3) is 8.57. The molecule has 0 N–H and O–H groups in total. The number of carbonyl (C=O) groups excluding carboxylic acids is 2. The Morgan fingerprint density at radius 1 is 0.882 bits per heavy atom. The molecule has 0 spiro atoms. The maximum Gasteiger partial charge on any atom is 0.416 e. The maximum atomic E-state index is 14.1. The van der Waals surface area contributed by atoms with Crippen molar-refractivity contribution in [1.29, 1.82) is 0 Å². The Morgan fingerprint density at radius 3 is 2.02 bits per heavy atom. The zero-order valence-corrected chi connectivity index (χ0v) is 27.7. The first-order valence-electron chi connectivity index (χ1n) is 16.2. The molecule has 5 rings (SSSR count). The highest BCUT2D eigenvalue weighted by molar-refractivity contribution is 5.97. The number of carbonyl (C=O) groups is 2. The summed E-state index contributed by atoms with van der Waals surface area (Å²) in [5, 5.41) is 11.8. The fourth-order valence-electron chi connectivity index (χ4n) is 6.92. The highest BCUT2D eigenvalue weighted by Gasteiger charge is 2.43. The molecule has 1 aromatic heterocycles. The quantitative estimate of drug-likeness (QED) is 0.172. The summed E-state index contributed by atoms with van der Waals surface area (Å²) in [6.07, 6.45) is -13.0. The number of fused-ring (bicyclic) bond motifs is 1. The number of nitrogens with zero attached hydrogens (tertiary/aromatic N) is 6. The van der Waals surface area contributed by atoms with Crippen molar-refractivity contribution in [3.63, 3.8) is 0 Å². The number of rotatable bonds is 8. The zero-order valence-electron chi connectivity index (χ0n) is 27.7. The highest BCUT2D eigenvalue weighted by atomic mass is 19.4. The van der Waals surface area contributed by atoms with Crippen molar-refractivity contribution < 1.29 is 53.8 Å². The van der Waals surface area contributed by atoms with Crippen molar-refractivity contribution in [1.82, 2.24) is 20.2 Å². The number of alkyl halides is 9. The smallest absolute Gasteiger partial charge is 0.416 e. The number of aromatic nitrogens is 4. The Hall–Kier alpha value is -4.38. The molecule has 3 aromatic rings. The van der Waals surface area contributed by atoms with Crippen molar-refractivity contribution in [2.24, 2.45) is 18.9 Å². The molecule has 51 heavy (non-hydrogen) atoms. The van der Waals surface area contributed by atoms with Crippen LogP contribution in [0.1, 0.15) is 86.2 Å². The topological polar surface area (TPSA) is 93.5 Å². The minimum absolute atomic E-state index is 0.0136. The van der Waals surface area contributed by atoms with Crippen LogP contribution in [0.25, 0.3) is 0 Å². The Balaban J connectivity index is 1.55. The summed E-state index contributed by atoms with van der Waals surface area (Å²) >= 11 is 0. The summed E-state index contributed by atoms with van der Waals surface area (Å²) in [6, 6.07) is 2.02. The number of ether oxygens (including phenoxy) is 1. The third-order valence-corrected chi connectivity index (χ3v) is 9.30. The van der Waals surface area contributed by atoms with Crippen LogP contribution in [-0.4, -0.2) is 44.7 Å². The third-order valence-electron chi connectivity index (χ3n) is 9.30. The molecule has 2 aliphatic rings. The second-order valence-electron chi connectivity index (χ2n) is 12.9. The van der Waals surface area contributed by atoms with Gasteiger partial charge in [0.15, 0.2) is 0 Å². The van der Waals surface area contributed by atoms with Gasteiger partial charge in [-0.1, -0.05) is 5.10 Å². The van der Waals surface area contributed by atoms with E-state index in [9.17, 15) is 49.1 Å². The lowest BCUT2D eigenvalue weighted by Gasteiger charge is -2.45. The maximum absolute atomic E-state index is 14.1. The molecule has 0 bridgehead atoms. The molecule has 1 fully saturated rings.